The van der Waals surface area contributed by atoms with Crippen LogP contribution in [-0.2, 0) is 9.59 Å². The van der Waals surface area contributed by atoms with Gasteiger partial charge in [-0.1, -0.05) is 44.5 Å². The van der Waals surface area contributed by atoms with E-state index in [4.69, 9.17) is 11.6 Å². The van der Waals surface area contributed by atoms with Crippen molar-refractivity contribution >= 4 is 29.3 Å². The molecule has 2 rings (SSSR count). The first-order valence-electron chi connectivity index (χ1n) is 9.30. The lowest BCUT2D eigenvalue weighted by molar-refractivity contribution is -0.142. The van der Waals surface area contributed by atoms with E-state index in [0.717, 1.165) is 12.8 Å². The number of halogens is 1. The molecule has 0 aromatic heterocycles. The molecular weight excluding hydrogens is 366 g/mol. The van der Waals surface area contributed by atoms with Gasteiger partial charge in [0.05, 0.1) is 16.5 Å². The predicted molar refractivity (Wildman–Crippen MR) is 106 cm³/mol. The Morgan fingerprint density at radius 2 is 1.81 bits per heavy atom. The normalized spacial score (nSPS) is 17.3. The maximum atomic E-state index is 12.4. The molecule has 0 bridgehead atoms. The molecule has 1 aliphatic heterocycles. The lowest BCUT2D eigenvalue weighted by Crippen LogP contribution is -2.49. The molecule has 1 saturated heterocycles. The monoisotopic (exact) mass is 393 g/mol. The lowest BCUT2D eigenvalue weighted by Gasteiger charge is -2.35. The van der Waals surface area contributed by atoms with Crippen molar-refractivity contribution in [3.8, 4) is 0 Å². The Morgan fingerprint density at radius 1 is 1.15 bits per heavy atom. The molecule has 0 saturated carbocycles. The third-order valence-corrected chi connectivity index (χ3v) is 4.88. The fraction of sp³-hybridized carbons (Fsp3) is 0.550. The number of hydrogen-bond acceptors (Lipinski definition) is 3. The molecule has 1 atom stereocenters. The van der Waals surface area contributed by atoms with Crippen LogP contribution in [0.2, 0.25) is 5.02 Å². The zero-order valence-electron chi connectivity index (χ0n) is 16.2. The fourth-order valence-corrected chi connectivity index (χ4v) is 3.32. The van der Waals surface area contributed by atoms with Crippen LogP contribution in [0.15, 0.2) is 24.3 Å². The van der Waals surface area contributed by atoms with Gasteiger partial charge in [-0.2, -0.15) is 0 Å². The number of carbonyl (C=O) groups excluding carboxylic acids is 3. The van der Waals surface area contributed by atoms with Gasteiger partial charge >= 0.3 is 0 Å². The summed E-state index contributed by atoms with van der Waals surface area (Å²) in [5.41, 5.74) is -0.0319. The van der Waals surface area contributed by atoms with E-state index in [1.165, 1.54) is 0 Å². The first kappa shape index (κ1) is 21.2. The number of nitrogens with one attached hydrogen (secondary N) is 2. The summed E-state index contributed by atoms with van der Waals surface area (Å²) in [5, 5.41) is 5.98. The smallest absolute Gasteiger partial charge is 0.252 e. The third-order valence-electron chi connectivity index (χ3n) is 4.55. The van der Waals surface area contributed by atoms with Crippen molar-refractivity contribution in [3.63, 3.8) is 0 Å². The summed E-state index contributed by atoms with van der Waals surface area (Å²) < 4.78 is 0. The highest BCUT2D eigenvalue weighted by Crippen LogP contribution is 2.23. The zero-order valence-corrected chi connectivity index (χ0v) is 16.9. The molecule has 2 N–H and O–H groups in total. The van der Waals surface area contributed by atoms with Gasteiger partial charge in [0, 0.05) is 31.6 Å². The fourth-order valence-electron chi connectivity index (χ4n) is 3.10. The minimum absolute atomic E-state index is 0.0756. The maximum absolute atomic E-state index is 12.4. The largest absolute Gasteiger partial charge is 0.354 e. The van der Waals surface area contributed by atoms with E-state index in [0.29, 0.717) is 36.8 Å². The second-order valence-electron chi connectivity index (χ2n) is 7.87. The maximum Gasteiger partial charge on any atom is 0.252 e. The Hall–Kier alpha value is -2.08. The van der Waals surface area contributed by atoms with Crippen molar-refractivity contribution in [1.29, 1.82) is 0 Å². The molecule has 7 heteroatoms. The highest BCUT2D eigenvalue weighted by atomic mass is 35.5. The SMILES string of the molecule is CC(C)(C)C(=O)N1CCCC(C(=O)NCCNC(=O)c2ccccc2Cl)C1. The number of amides is 3. The highest BCUT2D eigenvalue weighted by Gasteiger charge is 2.33. The van der Waals surface area contributed by atoms with Crippen molar-refractivity contribution in [1.82, 2.24) is 15.5 Å². The van der Waals surface area contributed by atoms with Crippen molar-refractivity contribution in [2.75, 3.05) is 26.2 Å². The standard InChI is InChI=1S/C20H28ClN3O3/c1-20(2,3)19(27)24-12-6-7-14(13-24)17(25)22-10-11-23-18(26)15-8-4-5-9-16(15)21/h4-5,8-9,14H,6-7,10-13H2,1-3H3,(H,22,25)(H,23,26). The van der Waals surface area contributed by atoms with Crippen molar-refractivity contribution in [2.24, 2.45) is 11.3 Å². The van der Waals surface area contributed by atoms with E-state index in [-0.39, 0.29) is 23.6 Å². The Bertz CT molecular complexity index is 700. The summed E-state index contributed by atoms with van der Waals surface area (Å²) in [6.45, 7) is 7.47. The molecule has 0 radical (unpaired) electrons. The van der Waals surface area contributed by atoms with Crippen LogP contribution in [0.3, 0.4) is 0 Å². The molecule has 148 valence electrons. The van der Waals surface area contributed by atoms with Crippen LogP contribution in [0.25, 0.3) is 0 Å². The van der Waals surface area contributed by atoms with Gasteiger partial charge in [-0.05, 0) is 25.0 Å². The van der Waals surface area contributed by atoms with Gasteiger partial charge in [0.25, 0.3) is 5.91 Å². The van der Waals surface area contributed by atoms with Gasteiger partial charge in [0.15, 0.2) is 0 Å². The van der Waals surface area contributed by atoms with E-state index >= 15 is 0 Å². The lowest BCUT2D eigenvalue weighted by atomic mass is 9.91. The topological polar surface area (TPSA) is 78.5 Å². The zero-order chi connectivity index (χ0) is 20.0. The Kier molecular flexibility index (Phi) is 7.25. The molecule has 1 unspecified atom stereocenters. The Balaban J connectivity index is 1.76. The van der Waals surface area contributed by atoms with E-state index in [1.54, 1.807) is 29.2 Å². The van der Waals surface area contributed by atoms with Crippen LogP contribution in [0.1, 0.15) is 44.0 Å². The molecule has 3 amide bonds. The highest BCUT2D eigenvalue weighted by molar-refractivity contribution is 6.33. The van der Waals surface area contributed by atoms with Gasteiger partial charge in [-0.15, -0.1) is 0 Å². The number of hydrogen-bond donors (Lipinski definition) is 2. The van der Waals surface area contributed by atoms with E-state index < -0.39 is 5.41 Å². The van der Waals surface area contributed by atoms with Crippen molar-refractivity contribution in [3.05, 3.63) is 34.9 Å². The number of rotatable bonds is 5. The summed E-state index contributed by atoms with van der Waals surface area (Å²) in [6.07, 6.45) is 1.59. The number of benzene rings is 1. The number of likely N-dealkylation sites (tertiary alicyclic amines) is 1. The van der Waals surface area contributed by atoms with Crippen molar-refractivity contribution in [2.45, 2.75) is 33.6 Å². The summed E-state index contributed by atoms with van der Waals surface area (Å²) in [5.74, 6) is -0.473. The first-order valence-corrected chi connectivity index (χ1v) is 9.68. The third kappa shape index (κ3) is 5.96. The van der Waals surface area contributed by atoms with Gasteiger partial charge < -0.3 is 15.5 Å². The summed E-state index contributed by atoms with van der Waals surface area (Å²) in [7, 11) is 0. The molecule has 6 nitrogen and oxygen atoms in total. The molecule has 0 spiro atoms. The predicted octanol–water partition coefficient (Wildman–Crippen LogP) is 2.47. The van der Waals surface area contributed by atoms with Gasteiger partial charge in [-0.3, -0.25) is 14.4 Å². The van der Waals surface area contributed by atoms with Crippen LogP contribution < -0.4 is 10.6 Å². The molecule has 1 fully saturated rings. The van der Waals surface area contributed by atoms with Gasteiger partial charge in [-0.25, -0.2) is 0 Å². The van der Waals surface area contributed by atoms with Crippen LogP contribution in [-0.4, -0.2) is 48.8 Å². The average Bonchev–Trinajstić information content (AvgIpc) is 2.64. The Labute approximate surface area is 165 Å². The molecule has 1 aromatic rings. The van der Waals surface area contributed by atoms with Crippen molar-refractivity contribution < 1.29 is 14.4 Å². The summed E-state index contributed by atoms with van der Waals surface area (Å²) in [6, 6.07) is 6.82. The van der Waals surface area contributed by atoms with Crippen LogP contribution in [0.5, 0.6) is 0 Å². The summed E-state index contributed by atoms with van der Waals surface area (Å²) >= 11 is 5.99. The number of nitrogens with zero attached hydrogens (tertiary/aromatic N) is 1. The second-order valence-corrected chi connectivity index (χ2v) is 8.27. The van der Waals surface area contributed by atoms with E-state index in [2.05, 4.69) is 10.6 Å². The molecular formula is C20H28ClN3O3. The van der Waals surface area contributed by atoms with E-state index in [1.807, 2.05) is 20.8 Å². The minimum atomic E-state index is -0.443. The van der Waals surface area contributed by atoms with E-state index in [9.17, 15) is 14.4 Å². The number of carbonyl (C=O) groups is 3. The average molecular weight is 394 g/mol. The molecule has 1 aromatic carbocycles. The van der Waals surface area contributed by atoms with Gasteiger partial charge in [0.2, 0.25) is 11.8 Å². The summed E-state index contributed by atoms with van der Waals surface area (Å²) in [4.78, 5) is 38.7. The Morgan fingerprint density at radius 3 is 2.48 bits per heavy atom. The van der Waals surface area contributed by atoms with Crippen LogP contribution in [0, 0.1) is 11.3 Å². The van der Waals surface area contributed by atoms with Crippen LogP contribution in [0.4, 0.5) is 0 Å². The van der Waals surface area contributed by atoms with Crippen LogP contribution >= 0.6 is 11.6 Å². The quantitative estimate of drug-likeness (QED) is 0.754. The first-order chi connectivity index (χ1) is 12.7. The minimum Gasteiger partial charge on any atom is -0.354 e. The molecule has 1 aliphatic rings. The number of piperidine rings is 1. The molecule has 0 aliphatic carbocycles. The van der Waals surface area contributed by atoms with Gasteiger partial charge in [0.1, 0.15) is 0 Å². The molecule has 27 heavy (non-hydrogen) atoms. The second kappa shape index (κ2) is 9.22. The molecule has 1 heterocycles.